The molecular weight excluding hydrogens is 347 g/mol. The van der Waals surface area contributed by atoms with Crippen molar-refractivity contribution in [2.75, 3.05) is 13.7 Å². The van der Waals surface area contributed by atoms with Crippen molar-refractivity contribution in [3.63, 3.8) is 0 Å². The zero-order chi connectivity index (χ0) is 18.9. The predicted molar refractivity (Wildman–Crippen MR) is 89.5 cm³/mol. The lowest BCUT2D eigenvalue weighted by Gasteiger charge is -2.32. The molecule has 140 valence electrons. The molecule has 0 saturated carbocycles. The number of hydrogen-bond acceptors (Lipinski definition) is 3. The first-order chi connectivity index (χ1) is 12.3. The van der Waals surface area contributed by atoms with Gasteiger partial charge < -0.3 is 9.64 Å². The second-order valence-corrected chi connectivity index (χ2v) is 6.38. The summed E-state index contributed by atoms with van der Waals surface area (Å²) in [4.78, 5) is 14.6. The minimum absolute atomic E-state index is 0.0969. The molecular formula is C18H20F3N3O2. The second-order valence-electron chi connectivity index (χ2n) is 6.38. The topological polar surface area (TPSA) is 47.4 Å². The van der Waals surface area contributed by atoms with Gasteiger partial charge >= 0.3 is 6.18 Å². The Morgan fingerprint density at radius 2 is 2.08 bits per heavy atom. The highest BCUT2D eigenvalue weighted by molar-refractivity contribution is 5.95. The van der Waals surface area contributed by atoms with Crippen molar-refractivity contribution in [1.82, 2.24) is 14.7 Å². The van der Waals surface area contributed by atoms with Gasteiger partial charge in [0.15, 0.2) is 11.4 Å². The third-order valence-electron chi connectivity index (χ3n) is 4.61. The van der Waals surface area contributed by atoms with Crippen LogP contribution in [0.4, 0.5) is 13.2 Å². The number of methoxy groups -OCH3 is 1. The Morgan fingerprint density at radius 3 is 2.73 bits per heavy atom. The lowest BCUT2D eigenvalue weighted by Crippen LogP contribution is -2.42. The average Bonchev–Trinajstić information content (AvgIpc) is 3.05. The first kappa shape index (κ1) is 18.3. The van der Waals surface area contributed by atoms with Gasteiger partial charge in [-0.2, -0.15) is 18.3 Å². The van der Waals surface area contributed by atoms with E-state index in [1.54, 1.807) is 4.90 Å². The zero-order valence-corrected chi connectivity index (χ0v) is 14.6. The summed E-state index contributed by atoms with van der Waals surface area (Å²) in [6.45, 7) is 2.62. The quantitative estimate of drug-likeness (QED) is 0.826. The summed E-state index contributed by atoms with van der Waals surface area (Å²) in [5.74, 6) is -0.0232. The van der Waals surface area contributed by atoms with E-state index in [9.17, 15) is 18.0 Å². The van der Waals surface area contributed by atoms with Crippen LogP contribution in [-0.2, 0) is 6.18 Å². The average molecular weight is 367 g/mol. The van der Waals surface area contributed by atoms with Crippen molar-refractivity contribution < 1.29 is 22.7 Å². The van der Waals surface area contributed by atoms with Crippen molar-refractivity contribution >= 4 is 5.91 Å². The normalized spacial score (nSPS) is 18.0. The minimum Gasteiger partial charge on any atom is -0.493 e. The van der Waals surface area contributed by atoms with Crippen LogP contribution in [0, 0.1) is 0 Å². The molecule has 5 nitrogen and oxygen atoms in total. The van der Waals surface area contributed by atoms with E-state index in [4.69, 9.17) is 4.74 Å². The van der Waals surface area contributed by atoms with Gasteiger partial charge in [-0.25, -0.2) is 4.68 Å². The van der Waals surface area contributed by atoms with Crippen LogP contribution < -0.4 is 4.74 Å². The van der Waals surface area contributed by atoms with E-state index in [-0.39, 0.29) is 29.1 Å². The summed E-state index contributed by atoms with van der Waals surface area (Å²) >= 11 is 0. The van der Waals surface area contributed by atoms with Gasteiger partial charge in [-0.1, -0.05) is 6.07 Å². The number of carbonyl (C=O) groups excluding carboxylic acids is 1. The molecule has 0 aliphatic carbocycles. The zero-order valence-electron chi connectivity index (χ0n) is 14.6. The van der Waals surface area contributed by atoms with Gasteiger partial charge in [-0.15, -0.1) is 0 Å². The highest BCUT2D eigenvalue weighted by Crippen LogP contribution is 2.31. The van der Waals surface area contributed by atoms with E-state index in [0.717, 1.165) is 31.4 Å². The largest absolute Gasteiger partial charge is 0.493 e. The molecule has 0 spiro atoms. The Bertz CT molecular complexity index is 801. The molecule has 0 bridgehead atoms. The van der Waals surface area contributed by atoms with Gasteiger partial charge in [0.05, 0.1) is 24.6 Å². The molecule has 3 rings (SSSR count). The summed E-state index contributed by atoms with van der Waals surface area (Å²) in [5.41, 5.74) is -0.454. The van der Waals surface area contributed by atoms with Gasteiger partial charge in [0.25, 0.3) is 5.91 Å². The number of benzene rings is 1. The number of hydrogen-bond donors (Lipinski definition) is 0. The van der Waals surface area contributed by atoms with E-state index in [2.05, 4.69) is 5.10 Å². The fourth-order valence-corrected chi connectivity index (χ4v) is 3.15. The maximum atomic E-state index is 12.9. The van der Waals surface area contributed by atoms with Crippen LogP contribution in [0.3, 0.4) is 0 Å². The monoisotopic (exact) mass is 367 g/mol. The molecule has 1 aliphatic rings. The third kappa shape index (κ3) is 3.54. The van der Waals surface area contributed by atoms with Crippen LogP contribution in [0.1, 0.15) is 42.2 Å². The fourth-order valence-electron chi connectivity index (χ4n) is 3.15. The van der Waals surface area contributed by atoms with Crippen LogP contribution >= 0.6 is 0 Å². The molecule has 1 amide bonds. The fraction of sp³-hybridized carbons (Fsp3) is 0.444. The molecule has 2 aromatic rings. The molecule has 1 aromatic heterocycles. The van der Waals surface area contributed by atoms with Crippen LogP contribution in [0.15, 0.2) is 30.5 Å². The second kappa shape index (κ2) is 7.01. The summed E-state index contributed by atoms with van der Waals surface area (Å²) in [6.07, 6.45) is -0.109. The molecule has 0 radical (unpaired) electrons. The summed E-state index contributed by atoms with van der Waals surface area (Å²) < 4.78 is 45.3. The number of alkyl halides is 3. The van der Waals surface area contributed by atoms with Crippen LogP contribution in [0.5, 0.6) is 5.75 Å². The Morgan fingerprint density at radius 1 is 1.31 bits per heavy atom. The van der Waals surface area contributed by atoms with E-state index in [1.165, 1.54) is 30.1 Å². The van der Waals surface area contributed by atoms with Gasteiger partial charge in [-0.05, 0) is 44.4 Å². The van der Waals surface area contributed by atoms with Crippen molar-refractivity contribution in [2.45, 2.75) is 38.4 Å². The highest BCUT2D eigenvalue weighted by atomic mass is 19.4. The first-order valence-corrected chi connectivity index (χ1v) is 8.43. The number of aromatic nitrogens is 2. The first-order valence-electron chi connectivity index (χ1n) is 8.43. The molecule has 2 heterocycles. The maximum Gasteiger partial charge on any atom is 0.416 e. The number of rotatable bonds is 3. The molecule has 8 heteroatoms. The number of halogens is 3. The molecule has 1 saturated heterocycles. The number of nitrogens with zero attached hydrogens (tertiary/aromatic N) is 3. The van der Waals surface area contributed by atoms with Crippen LogP contribution in [0.2, 0.25) is 0 Å². The molecule has 1 aliphatic heterocycles. The maximum absolute atomic E-state index is 12.9. The number of amides is 1. The van der Waals surface area contributed by atoms with E-state index < -0.39 is 11.7 Å². The van der Waals surface area contributed by atoms with Gasteiger partial charge in [-0.3, -0.25) is 4.79 Å². The number of ether oxygens (including phenoxy) is 1. The SMILES string of the molecule is COc1cn(-c2cccc(C(F)(F)F)c2)nc1C(=O)N1CCCCC1C. The van der Waals surface area contributed by atoms with Crippen molar-refractivity contribution in [3.8, 4) is 11.4 Å². The lowest BCUT2D eigenvalue weighted by molar-refractivity contribution is -0.137. The van der Waals surface area contributed by atoms with E-state index >= 15 is 0 Å². The lowest BCUT2D eigenvalue weighted by atomic mass is 10.0. The third-order valence-corrected chi connectivity index (χ3v) is 4.61. The highest BCUT2D eigenvalue weighted by Gasteiger charge is 2.31. The Hall–Kier alpha value is -2.51. The standard InChI is InChI=1S/C18H20F3N3O2/c1-12-6-3-4-9-23(12)17(25)16-15(26-2)11-24(22-16)14-8-5-7-13(10-14)18(19,20)21/h5,7-8,10-12H,3-4,6,9H2,1-2H3. The van der Waals surface area contributed by atoms with E-state index in [0.29, 0.717) is 6.54 Å². The van der Waals surface area contributed by atoms with E-state index in [1.807, 2.05) is 6.92 Å². The number of likely N-dealkylation sites (tertiary alicyclic amines) is 1. The Kier molecular flexibility index (Phi) is 4.93. The van der Waals surface area contributed by atoms with Crippen LogP contribution in [0.25, 0.3) is 5.69 Å². The van der Waals surface area contributed by atoms with Gasteiger partial charge in [0.2, 0.25) is 0 Å². The van der Waals surface area contributed by atoms with Crippen LogP contribution in [-0.4, -0.2) is 40.3 Å². The number of piperidine rings is 1. The molecule has 1 aromatic carbocycles. The minimum atomic E-state index is -4.45. The van der Waals surface area contributed by atoms with Crippen molar-refractivity contribution in [1.29, 1.82) is 0 Å². The summed E-state index contributed by atoms with van der Waals surface area (Å²) in [7, 11) is 1.41. The molecule has 1 unspecified atom stereocenters. The molecule has 1 atom stereocenters. The summed E-state index contributed by atoms with van der Waals surface area (Å²) in [5, 5.41) is 4.22. The van der Waals surface area contributed by atoms with Gasteiger partial charge in [0, 0.05) is 12.6 Å². The smallest absolute Gasteiger partial charge is 0.416 e. The summed E-state index contributed by atoms with van der Waals surface area (Å²) in [6, 6.07) is 4.88. The molecule has 1 fully saturated rings. The van der Waals surface area contributed by atoms with Crippen molar-refractivity contribution in [3.05, 3.63) is 41.7 Å². The van der Waals surface area contributed by atoms with Crippen molar-refractivity contribution in [2.24, 2.45) is 0 Å². The van der Waals surface area contributed by atoms with Gasteiger partial charge in [0.1, 0.15) is 0 Å². The molecule has 0 N–H and O–H groups in total. The predicted octanol–water partition coefficient (Wildman–Crippen LogP) is 3.91. The molecule has 26 heavy (non-hydrogen) atoms. The number of carbonyl (C=O) groups is 1. The Balaban J connectivity index is 1.95. The Labute approximate surface area is 149 Å².